The number of carbonyl (C=O) groups is 1. The summed E-state index contributed by atoms with van der Waals surface area (Å²) >= 11 is 5.83. The van der Waals surface area contributed by atoms with Crippen LogP contribution in [0.3, 0.4) is 0 Å². The van der Waals surface area contributed by atoms with Gasteiger partial charge >= 0.3 is 5.97 Å². The van der Waals surface area contributed by atoms with Gasteiger partial charge in [-0.15, -0.1) is 0 Å². The molecule has 2 aromatic heterocycles. The van der Waals surface area contributed by atoms with Gasteiger partial charge in [0, 0.05) is 29.5 Å². The number of hydrogen-bond donors (Lipinski definition) is 2. The number of carboxylic acid groups (broad SMARTS) is 1. The number of anilines is 1. The van der Waals surface area contributed by atoms with Crippen LogP contribution >= 0.6 is 12.2 Å². The molecular weight excluding hydrogens is 444 g/mol. The molecule has 5 rings (SSSR count). The van der Waals surface area contributed by atoms with E-state index in [9.17, 15) is 9.90 Å². The summed E-state index contributed by atoms with van der Waals surface area (Å²) in [7, 11) is 0. The quantitative estimate of drug-likeness (QED) is 0.374. The third-order valence-electron chi connectivity index (χ3n) is 6.20. The zero-order valence-electron chi connectivity index (χ0n) is 18.6. The average Bonchev–Trinajstić information content (AvgIpc) is 3.49. The minimum absolute atomic E-state index is 0.161. The van der Waals surface area contributed by atoms with E-state index in [0.29, 0.717) is 5.11 Å². The molecule has 0 unspecified atom stereocenters. The maximum absolute atomic E-state index is 11.3. The van der Waals surface area contributed by atoms with Crippen LogP contribution in [0.25, 0.3) is 5.69 Å². The van der Waals surface area contributed by atoms with E-state index in [0.717, 1.165) is 29.2 Å². The van der Waals surface area contributed by atoms with Gasteiger partial charge in [0.1, 0.15) is 6.04 Å². The van der Waals surface area contributed by atoms with Gasteiger partial charge in [-0.2, -0.15) is 0 Å². The second-order valence-corrected chi connectivity index (χ2v) is 8.56. The maximum Gasteiger partial charge on any atom is 0.335 e. The Kier molecular flexibility index (Phi) is 5.86. The molecule has 3 heterocycles. The number of aryl methyl sites for hydroxylation is 1. The molecule has 0 amide bonds. The Morgan fingerprint density at radius 2 is 1.74 bits per heavy atom. The largest absolute Gasteiger partial charge is 0.478 e. The molecular formula is C27H24N4O2S. The van der Waals surface area contributed by atoms with Gasteiger partial charge in [0.05, 0.1) is 17.3 Å². The summed E-state index contributed by atoms with van der Waals surface area (Å²) in [6.45, 7) is 2.14. The van der Waals surface area contributed by atoms with Gasteiger partial charge in [-0.1, -0.05) is 25.1 Å². The first-order valence-corrected chi connectivity index (χ1v) is 11.6. The summed E-state index contributed by atoms with van der Waals surface area (Å²) in [6.07, 6.45) is 4.75. The number of pyridine rings is 1. The van der Waals surface area contributed by atoms with Crippen molar-refractivity contribution in [2.24, 2.45) is 0 Å². The molecule has 2 atom stereocenters. The zero-order valence-corrected chi connectivity index (χ0v) is 19.4. The summed E-state index contributed by atoms with van der Waals surface area (Å²) in [6, 6.07) is 25.0. The lowest BCUT2D eigenvalue weighted by Crippen LogP contribution is -2.30. The Labute approximate surface area is 203 Å². The van der Waals surface area contributed by atoms with Crippen molar-refractivity contribution in [2.75, 3.05) is 4.90 Å². The van der Waals surface area contributed by atoms with Gasteiger partial charge in [0.15, 0.2) is 5.11 Å². The lowest BCUT2D eigenvalue weighted by molar-refractivity contribution is 0.0697. The van der Waals surface area contributed by atoms with E-state index in [1.807, 2.05) is 42.6 Å². The second kappa shape index (κ2) is 9.11. The van der Waals surface area contributed by atoms with Crippen molar-refractivity contribution in [1.29, 1.82) is 0 Å². The van der Waals surface area contributed by atoms with E-state index >= 15 is 0 Å². The highest BCUT2D eigenvalue weighted by molar-refractivity contribution is 7.80. The first-order chi connectivity index (χ1) is 16.6. The van der Waals surface area contributed by atoms with Crippen molar-refractivity contribution in [2.45, 2.75) is 25.4 Å². The van der Waals surface area contributed by atoms with Crippen LogP contribution in [0.2, 0.25) is 0 Å². The number of aromatic carboxylic acids is 1. The third kappa shape index (κ3) is 3.95. The zero-order chi connectivity index (χ0) is 23.7. The monoisotopic (exact) mass is 468 g/mol. The van der Waals surface area contributed by atoms with Crippen molar-refractivity contribution in [3.8, 4) is 5.69 Å². The lowest BCUT2D eigenvalue weighted by Gasteiger charge is -2.29. The fourth-order valence-electron chi connectivity index (χ4n) is 4.46. The summed E-state index contributed by atoms with van der Waals surface area (Å²) in [5, 5.41) is 13.4. The molecule has 1 aliphatic rings. The molecule has 4 aromatic rings. The molecule has 170 valence electrons. The average molecular weight is 469 g/mol. The maximum atomic E-state index is 11.3. The molecule has 1 aliphatic heterocycles. The van der Waals surface area contributed by atoms with Crippen molar-refractivity contribution < 1.29 is 9.90 Å². The van der Waals surface area contributed by atoms with E-state index in [-0.39, 0.29) is 17.6 Å². The number of nitrogens with one attached hydrogen (secondary N) is 1. The van der Waals surface area contributed by atoms with E-state index in [1.165, 1.54) is 5.56 Å². The van der Waals surface area contributed by atoms with Gasteiger partial charge in [-0.05, 0) is 84.9 Å². The van der Waals surface area contributed by atoms with E-state index < -0.39 is 5.97 Å². The predicted octanol–water partition coefficient (Wildman–Crippen LogP) is 5.31. The number of aromatic nitrogens is 2. The highest BCUT2D eigenvalue weighted by Crippen LogP contribution is 2.42. The minimum Gasteiger partial charge on any atom is -0.478 e. The summed E-state index contributed by atoms with van der Waals surface area (Å²) < 4.78 is 2.08. The molecule has 1 saturated heterocycles. The molecule has 0 aliphatic carbocycles. The van der Waals surface area contributed by atoms with Crippen molar-refractivity contribution in [3.05, 3.63) is 114 Å². The first kappa shape index (κ1) is 21.9. The molecule has 0 bridgehead atoms. The fraction of sp³-hybridized carbons (Fsp3) is 0.148. The third-order valence-corrected chi connectivity index (χ3v) is 6.51. The van der Waals surface area contributed by atoms with Crippen LogP contribution in [0.1, 0.15) is 46.3 Å². The number of hydrogen-bond acceptors (Lipinski definition) is 3. The Balaban J connectivity index is 1.62. The van der Waals surface area contributed by atoms with Crippen molar-refractivity contribution in [3.63, 3.8) is 0 Å². The molecule has 0 radical (unpaired) electrons. The predicted molar refractivity (Wildman–Crippen MR) is 136 cm³/mol. The SMILES string of the molecule is CCc1ccc(N2C(=S)N[C@H](c3ccccn3)[C@@H]2c2cccn2-c2ccc(C(=O)O)cc2)cc1. The van der Waals surface area contributed by atoms with Crippen molar-refractivity contribution >= 4 is 29.0 Å². The van der Waals surface area contributed by atoms with Crippen LogP contribution in [0.15, 0.2) is 91.3 Å². The van der Waals surface area contributed by atoms with Crippen LogP contribution in [0.4, 0.5) is 5.69 Å². The van der Waals surface area contributed by atoms with Crippen LogP contribution in [-0.2, 0) is 6.42 Å². The summed E-state index contributed by atoms with van der Waals surface area (Å²) in [4.78, 5) is 18.1. The molecule has 7 heteroatoms. The molecule has 2 N–H and O–H groups in total. The van der Waals surface area contributed by atoms with Gasteiger partial charge in [0.25, 0.3) is 0 Å². The van der Waals surface area contributed by atoms with Gasteiger partial charge < -0.3 is 19.9 Å². The lowest BCUT2D eigenvalue weighted by atomic mass is 10.0. The molecule has 6 nitrogen and oxygen atoms in total. The first-order valence-electron chi connectivity index (χ1n) is 11.2. The smallest absolute Gasteiger partial charge is 0.335 e. The van der Waals surface area contributed by atoms with E-state index in [1.54, 1.807) is 18.3 Å². The summed E-state index contributed by atoms with van der Waals surface area (Å²) in [5.41, 5.74) is 5.32. The minimum atomic E-state index is -0.943. The number of rotatable bonds is 6. The van der Waals surface area contributed by atoms with Crippen LogP contribution in [0.5, 0.6) is 0 Å². The molecule has 0 spiro atoms. The molecule has 2 aromatic carbocycles. The Hall–Kier alpha value is -3.97. The van der Waals surface area contributed by atoms with Gasteiger partial charge in [0.2, 0.25) is 0 Å². The van der Waals surface area contributed by atoms with Crippen molar-refractivity contribution in [1.82, 2.24) is 14.9 Å². The van der Waals surface area contributed by atoms with Crippen LogP contribution < -0.4 is 10.2 Å². The van der Waals surface area contributed by atoms with Crippen LogP contribution in [-0.4, -0.2) is 25.7 Å². The number of carboxylic acids is 1. The molecule has 34 heavy (non-hydrogen) atoms. The van der Waals surface area contributed by atoms with Gasteiger partial charge in [-0.3, -0.25) is 4.98 Å². The number of benzene rings is 2. The van der Waals surface area contributed by atoms with Crippen LogP contribution in [0, 0.1) is 0 Å². The second-order valence-electron chi connectivity index (χ2n) is 8.17. The standard InChI is InChI=1S/C27H24N4O2S/c1-2-18-8-12-21(13-9-18)31-25(24(29-27(31)34)22-6-3-4-16-28-22)23-7-5-17-30(23)20-14-10-19(11-15-20)26(32)33/h3-17,24-25H,2H2,1H3,(H,29,34)(H,32,33)/t24-,25+/m1/s1. The Morgan fingerprint density at radius 3 is 2.38 bits per heavy atom. The Bertz CT molecular complexity index is 1320. The highest BCUT2D eigenvalue weighted by atomic mass is 32.1. The fourth-order valence-corrected chi connectivity index (χ4v) is 4.81. The van der Waals surface area contributed by atoms with E-state index in [2.05, 4.69) is 57.0 Å². The summed E-state index contributed by atoms with van der Waals surface area (Å²) in [5.74, 6) is -0.943. The normalized spacial score (nSPS) is 17.6. The molecule has 0 saturated carbocycles. The van der Waals surface area contributed by atoms with Gasteiger partial charge in [-0.25, -0.2) is 4.79 Å². The number of thiocarbonyl (C=S) groups is 1. The highest BCUT2D eigenvalue weighted by Gasteiger charge is 2.42. The molecule has 1 fully saturated rings. The Morgan fingerprint density at radius 1 is 1.00 bits per heavy atom. The topological polar surface area (TPSA) is 70.4 Å². The number of nitrogens with zero attached hydrogens (tertiary/aromatic N) is 3. The van der Waals surface area contributed by atoms with E-state index in [4.69, 9.17) is 12.2 Å².